The van der Waals surface area contributed by atoms with Gasteiger partial charge in [-0.1, -0.05) is 6.08 Å². The van der Waals surface area contributed by atoms with Crippen LogP contribution in [0.5, 0.6) is 0 Å². The molecule has 0 aromatic rings. The molecule has 0 aromatic carbocycles. The lowest BCUT2D eigenvalue weighted by Gasteiger charge is -2.06. The quantitative estimate of drug-likeness (QED) is 0.579. The minimum atomic E-state index is -4.54. The molecule has 0 aliphatic heterocycles. The van der Waals surface area contributed by atoms with Crippen molar-refractivity contribution < 1.29 is 13.2 Å². The molecule has 66 valence electrons. The number of halogens is 3. The van der Waals surface area contributed by atoms with Gasteiger partial charge in [-0.3, -0.25) is 0 Å². The van der Waals surface area contributed by atoms with Crippen molar-refractivity contribution in [2.24, 2.45) is 0 Å². The van der Waals surface area contributed by atoms with Gasteiger partial charge >= 0.3 is 6.18 Å². The normalized spacial score (nSPS) is 16.5. The lowest BCUT2D eigenvalue weighted by Crippen LogP contribution is -2.11. The van der Waals surface area contributed by atoms with Crippen LogP contribution >= 0.6 is 0 Å². The molecule has 1 aliphatic rings. The Hall–Kier alpha value is -1.75. The first kappa shape index (κ1) is 9.34. The van der Waals surface area contributed by atoms with Crippen molar-refractivity contribution >= 4 is 0 Å². The van der Waals surface area contributed by atoms with Crippen molar-refractivity contribution in [2.75, 3.05) is 0 Å². The van der Waals surface area contributed by atoms with Crippen molar-refractivity contribution in [3.05, 3.63) is 22.8 Å². The van der Waals surface area contributed by atoms with Gasteiger partial charge in [0.1, 0.15) is 6.07 Å². The summed E-state index contributed by atoms with van der Waals surface area (Å²) in [6.45, 7) is 0. The molecule has 1 aliphatic carbocycles. The highest BCUT2D eigenvalue weighted by atomic mass is 19.4. The molecule has 0 unspecified atom stereocenters. The number of hydrogen-bond donors (Lipinski definition) is 0. The number of alkyl halides is 3. The summed E-state index contributed by atoms with van der Waals surface area (Å²) in [6, 6.07) is 2.96. The minimum absolute atomic E-state index is 0.103. The van der Waals surface area contributed by atoms with Gasteiger partial charge < -0.3 is 0 Å². The van der Waals surface area contributed by atoms with Gasteiger partial charge in [-0.2, -0.15) is 23.7 Å². The number of nitrogens with zero attached hydrogens (tertiary/aromatic N) is 2. The topological polar surface area (TPSA) is 47.6 Å². The zero-order chi connectivity index (χ0) is 10.1. The molecule has 0 aromatic heterocycles. The Bertz CT molecular complexity index is 374. The molecule has 5 heteroatoms. The Morgan fingerprint density at radius 1 is 1.23 bits per heavy atom. The first-order valence-electron chi connectivity index (χ1n) is 3.31. The number of allylic oxidation sites excluding steroid dienone is 4. The summed E-state index contributed by atoms with van der Waals surface area (Å²) >= 11 is 0. The SMILES string of the molecule is N#CC1=C(C#N)C(C(F)(F)F)=CC1. The van der Waals surface area contributed by atoms with Crippen molar-refractivity contribution in [3.8, 4) is 12.1 Å². The highest BCUT2D eigenvalue weighted by Gasteiger charge is 2.39. The second-order valence-corrected chi connectivity index (χ2v) is 2.40. The summed E-state index contributed by atoms with van der Waals surface area (Å²) in [4.78, 5) is 0. The molecule has 13 heavy (non-hydrogen) atoms. The Labute approximate surface area is 72.2 Å². The van der Waals surface area contributed by atoms with Crippen LogP contribution in [-0.2, 0) is 0 Å². The second kappa shape index (κ2) is 2.95. The summed E-state index contributed by atoms with van der Waals surface area (Å²) in [5, 5.41) is 16.8. The Balaban J connectivity index is 3.16. The average molecular weight is 184 g/mol. The molecule has 0 saturated heterocycles. The van der Waals surface area contributed by atoms with E-state index in [2.05, 4.69) is 0 Å². The standard InChI is InChI=1S/C8H3F3N2/c9-8(10,11)7-2-1-5(3-12)6(7)4-13/h2H,1H2. The third-order valence-electron chi connectivity index (χ3n) is 1.63. The fourth-order valence-electron chi connectivity index (χ4n) is 1.06. The van der Waals surface area contributed by atoms with E-state index in [1.165, 1.54) is 6.07 Å². The van der Waals surface area contributed by atoms with Gasteiger partial charge in [0.25, 0.3) is 0 Å². The number of rotatable bonds is 0. The molecule has 0 heterocycles. The minimum Gasteiger partial charge on any atom is -0.193 e. The molecule has 0 N–H and O–H groups in total. The van der Waals surface area contributed by atoms with Gasteiger partial charge in [-0.15, -0.1) is 0 Å². The molecule has 0 radical (unpaired) electrons. The zero-order valence-corrected chi connectivity index (χ0v) is 6.31. The van der Waals surface area contributed by atoms with Crippen LogP contribution in [0.15, 0.2) is 22.8 Å². The van der Waals surface area contributed by atoms with Crippen molar-refractivity contribution in [1.29, 1.82) is 10.5 Å². The molecular formula is C8H3F3N2. The zero-order valence-electron chi connectivity index (χ0n) is 6.31. The molecule has 0 amide bonds. The molecule has 0 fully saturated rings. The van der Waals surface area contributed by atoms with E-state index in [0.29, 0.717) is 0 Å². The maximum Gasteiger partial charge on any atom is 0.417 e. The lowest BCUT2D eigenvalue weighted by atomic mass is 10.1. The van der Waals surface area contributed by atoms with Crippen molar-refractivity contribution in [1.82, 2.24) is 0 Å². The van der Waals surface area contributed by atoms with Crippen molar-refractivity contribution in [2.45, 2.75) is 12.6 Å². The fraction of sp³-hybridized carbons (Fsp3) is 0.250. The fourth-order valence-corrected chi connectivity index (χ4v) is 1.06. The lowest BCUT2D eigenvalue weighted by molar-refractivity contribution is -0.0887. The molecule has 2 nitrogen and oxygen atoms in total. The predicted octanol–water partition coefficient (Wildman–Crippen LogP) is 2.22. The monoisotopic (exact) mass is 184 g/mol. The summed E-state index contributed by atoms with van der Waals surface area (Å²) in [5.74, 6) is 0. The van der Waals surface area contributed by atoms with Gasteiger partial charge in [0, 0.05) is 6.42 Å². The first-order chi connectivity index (χ1) is 6.00. The maximum absolute atomic E-state index is 12.1. The van der Waals surface area contributed by atoms with Gasteiger partial charge in [0.05, 0.1) is 22.8 Å². The summed E-state index contributed by atoms with van der Waals surface area (Å²) < 4.78 is 36.4. The van der Waals surface area contributed by atoms with E-state index in [1.54, 1.807) is 6.07 Å². The van der Waals surface area contributed by atoms with Gasteiger partial charge in [-0.25, -0.2) is 0 Å². The molecular weight excluding hydrogens is 181 g/mol. The third-order valence-corrected chi connectivity index (χ3v) is 1.63. The third kappa shape index (κ3) is 1.54. The van der Waals surface area contributed by atoms with E-state index in [0.717, 1.165) is 6.08 Å². The first-order valence-corrected chi connectivity index (χ1v) is 3.31. The largest absolute Gasteiger partial charge is 0.417 e. The summed E-state index contributed by atoms with van der Waals surface area (Å²) in [6.07, 6.45) is -3.78. The van der Waals surface area contributed by atoms with Crippen LogP contribution in [0.2, 0.25) is 0 Å². The van der Waals surface area contributed by atoms with E-state index in [-0.39, 0.29) is 12.0 Å². The number of hydrogen-bond acceptors (Lipinski definition) is 2. The average Bonchev–Trinajstić information content (AvgIpc) is 2.45. The highest BCUT2D eigenvalue weighted by Crippen LogP contribution is 2.37. The van der Waals surface area contributed by atoms with Crippen LogP contribution in [0.3, 0.4) is 0 Å². The van der Waals surface area contributed by atoms with Crippen LogP contribution in [0.4, 0.5) is 13.2 Å². The molecule has 0 spiro atoms. The molecule has 0 saturated carbocycles. The molecule has 0 atom stereocenters. The second-order valence-electron chi connectivity index (χ2n) is 2.40. The van der Waals surface area contributed by atoms with Gasteiger partial charge in [0.2, 0.25) is 0 Å². The van der Waals surface area contributed by atoms with Gasteiger partial charge in [0.15, 0.2) is 0 Å². The van der Waals surface area contributed by atoms with E-state index >= 15 is 0 Å². The van der Waals surface area contributed by atoms with Crippen molar-refractivity contribution in [3.63, 3.8) is 0 Å². The highest BCUT2D eigenvalue weighted by molar-refractivity contribution is 5.57. The van der Waals surface area contributed by atoms with Gasteiger partial charge in [-0.05, 0) is 0 Å². The van der Waals surface area contributed by atoms with Crippen LogP contribution < -0.4 is 0 Å². The van der Waals surface area contributed by atoms with Crippen LogP contribution in [0, 0.1) is 22.7 Å². The maximum atomic E-state index is 12.1. The Morgan fingerprint density at radius 3 is 2.23 bits per heavy atom. The molecule has 1 rings (SSSR count). The Morgan fingerprint density at radius 2 is 1.85 bits per heavy atom. The Kier molecular flexibility index (Phi) is 2.12. The summed E-state index contributed by atoms with van der Waals surface area (Å²) in [7, 11) is 0. The van der Waals surface area contributed by atoms with Crippen LogP contribution in [0.1, 0.15) is 6.42 Å². The van der Waals surface area contributed by atoms with E-state index in [9.17, 15) is 13.2 Å². The number of nitriles is 2. The van der Waals surface area contributed by atoms with E-state index in [1.807, 2.05) is 0 Å². The van der Waals surface area contributed by atoms with Crippen LogP contribution in [0.25, 0.3) is 0 Å². The predicted molar refractivity (Wildman–Crippen MR) is 37.0 cm³/mol. The van der Waals surface area contributed by atoms with Crippen LogP contribution in [-0.4, -0.2) is 6.18 Å². The van der Waals surface area contributed by atoms with E-state index < -0.39 is 17.3 Å². The molecule has 0 bridgehead atoms. The summed E-state index contributed by atoms with van der Waals surface area (Å²) in [5.41, 5.74) is -1.66. The smallest absolute Gasteiger partial charge is 0.193 e. The van der Waals surface area contributed by atoms with E-state index in [4.69, 9.17) is 10.5 Å².